The second-order valence-corrected chi connectivity index (χ2v) is 3.75. The number of aliphatic hydroxyl groups excluding tert-OH is 1. The molecule has 0 unspecified atom stereocenters. The van der Waals surface area contributed by atoms with Crippen molar-refractivity contribution in [1.82, 2.24) is 5.32 Å². The van der Waals surface area contributed by atoms with Crippen LogP contribution in [0, 0.1) is 17.5 Å². The molecule has 2 amide bonds. The topological polar surface area (TPSA) is 98.7 Å². The summed E-state index contributed by atoms with van der Waals surface area (Å²) in [7, 11) is 0. The molecule has 0 aliphatic rings. The summed E-state index contributed by atoms with van der Waals surface area (Å²) >= 11 is 0. The summed E-state index contributed by atoms with van der Waals surface area (Å²) < 4.78 is 38.7. The fourth-order valence-electron chi connectivity index (χ4n) is 1.23. The van der Waals surface area contributed by atoms with Crippen molar-refractivity contribution < 1.29 is 33.0 Å². The number of anilines is 1. The van der Waals surface area contributed by atoms with Gasteiger partial charge in [-0.1, -0.05) is 0 Å². The summed E-state index contributed by atoms with van der Waals surface area (Å²) in [6.07, 6.45) is -1.90. The Hall–Kier alpha value is -2.29. The zero-order valence-corrected chi connectivity index (χ0v) is 9.99. The SMILES string of the molecule is O=C(NCC[C@H](O)C(=O)O)Nc1ccc(F)c(F)c1F. The van der Waals surface area contributed by atoms with Gasteiger partial charge < -0.3 is 20.8 Å². The van der Waals surface area contributed by atoms with Crippen LogP contribution in [0.2, 0.25) is 0 Å². The number of carboxylic acid groups (broad SMARTS) is 1. The Kier molecular flexibility index (Phi) is 5.32. The zero-order chi connectivity index (χ0) is 15.3. The molecule has 0 spiro atoms. The van der Waals surface area contributed by atoms with Crippen LogP contribution in [0.15, 0.2) is 12.1 Å². The van der Waals surface area contributed by atoms with E-state index in [0.29, 0.717) is 6.07 Å². The molecule has 0 radical (unpaired) electrons. The lowest BCUT2D eigenvalue weighted by Gasteiger charge is -2.10. The van der Waals surface area contributed by atoms with E-state index < -0.39 is 41.2 Å². The van der Waals surface area contributed by atoms with E-state index >= 15 is 0 Å². The molecule has 1 rings (SSSR count). The number of carbonyl (C=O) groups excluding carboxylic acids is 1. The van der Waals surface area contributed by atoms with Crippen LogP contribution in [-0.2, 0) is 4.79 Å². The van der Waals surface area contributed by atoms with Gasteiger partial charge in [0.05, 0.1) is 5.69 Å². The summed E-state index contributed by atoms with van der Waals surface area (Å²) in [4.78, 5) is 21.6. The number of rotatable bonds is 5. The maximum absolute atomic E-state index is 13.2. The van der Waals surface area contributed by atoms with Gasteiger partial charge in [-0.15, -0.1) is 0 Å². The minimum atomic E-state index is -1.72. The second-order valence-electron chi connectivity index (χ2n) is 3.75. The first-order valence-corrected chi connectivity index (χ1v) is 5.42. The highest BCUT2D eigenvalue weighted by atomic mass is 19.2. The molecule has 0 aromatic heterocycles. The number of hydrogen-bond donors (Lipinski definition) is 4. The number of urea groups is 1. The van der Waals surface area contributed by atoms with Crippen LogP contribution in [-0.4, -0.2) is 34.9 Å². The van der Waals surface area contributed by atoms with Crippen LogP contribution in [0.1, 0.15) is 6.42 Å². The number of carbonyl (C=O) groups is 2. The molecule has 9 heteroatoms. The number of hydrogen-bond acceptors (Lipinski definition) is 3. The molecule has 20 heavy (non-hydrogen) atoms. The average Bonchev–Trinajstić information content (AvgIpc) is 2.39. The van der Waals surface area contributed by atoms with Gasteiger partial charge in [-0.05, 0) is 12.1 Å². The lowest BCUT2D eigenvalue weighted by molar-refractivity contribution is -0.146. The van der Waals surface area contributed by atoms with E-state index in [9.17, 15) is 22.8 Å². The van der Waals surface area contributed by atoms with Gasteiger partial charge in [-0.3, -0.25) is 0 Å². The molecule has 0 aliphatic heterocycles. The smallest absolute Gasteiger partial charge is 0.332 e. The van der Waals surface area contributed by atoms with Crippen LogP contribution in [0.4, 0.5) is 23.7 Å². The fourth-order valence-corrected chi connectivity index (χ4v) is 1.23. The zero-order valence-electron chi connectivity index (χ0n) is 9.99. The molecule has 0 heterocycles. The minimum Gasteiger partial charge on any atom is -0.479 e. The standard InChI is InChI=1S/C11H11F3N2O4/c12-5-1-2-6(9(14)8(5)13)16-11(20)15-4-3-7(17)10(18)19/h1-2,7,17H,3-4H2,(H,18,19)(H2,15,16,20)/t7-/m0/s1. The van der Waals surface area contributed by atoms with Crippen molar-refractivity contribution in [2.24, 2.45) is 0 Å². The van der Waals surface area contributed by atoms with E-state index in [2.05, 4.69) is 5.32 Å². The Labute approximate surface area is 111 Å². The lowest BCUT2D eigenvalue weighted by Crippen LogP contribution is -2.33. The van der Waals surface area contributed by atoms with Gasteiger partial charge in [0.15, 0.2) is 23.6 Å². The first kappa shape index (κ1) is 15.8. The quantitative estimate of drug-likeness (QED) is 0.610. The molecule has 0 aliphatic carbocycles. The molecule has 4 N–H and O–H groups in total. The van der Waals surface area contributed by atoms with Crippen LogP contribution in [0.25, 0.3) is 0 Å². The lowest BCUT2D eigenvalue weighted by atomic mass is 10.2. The number of aliphatic hydroxyl groups is 1. The predicted octanol–water partition coefficient (Wildman–Crippen LogP) is 1.06. The van der Waals surface area contributed by atoms with Gasteiger partial charge in [-0.25, -0.2) is 22.8 Å². The number of halogens is 3. The highest BCUT2D eigenvalue weighted by Gasteiger charge is 2.16. The van der Waals surface area contributed by atoms with Crippen molar-refractivity contribution in [3.05, 3.63) is 29.6 Å². The third-order valence-electron chi connectivity index (χ3n) is 2.27. The molecule has 0 fully saturated rings. The maximum atomic E-state index is 13.2. The van der Waals surface area contributed by atoms with E-state index in [-0.39, 0.29) is 13.0 Å². The highest BCUT2D eigenvalue weighted by molar-refractivity contribution is 5.89. The van der Waals surface area contributed by atoms with Crippen molar-refractivity contribution in [3.63, 3.8) is 0 Å². The molecule has 6 nitrogen and oxygen atoms in total. The third kappa shape index (κ3) is 4.12. The number of benzene rings is 1. The monoisotopic (exact) mass is 292 g/mol. The van der Waals surface area contributed by atoms with Crippen LogP contribution in [0.3, 0.4) is 0 Å². The van der Waals surface area contributed by atoms with Crippen molar-refractivity contribution in [2.45, 2.75) is 12.5 Å². The number of carboxylic acids is 1. The summed E-state index contributed by atoms with van der Waals surface area (Å²) in [5.41, 5.74) is -0.569. The van der Waals surface area contributed by atoms with Crippen molar-refractivity contribution in [1.29, 1.82) is 0 Å². The summed E-state index contributed by atoms with van der Waals surface area (Å²) in [5, 5.41) is 21.3. The second kappa shape index (κ2) is 6.75. The fraction of sp³-hybridized carbons (Fsp3) is 0.273. The molecule has 1 aromatic rings. The molecular weight excluding hydrogens is 281 g/mol. The van der Waals surface area contributed by atoms with E-state index in [1.807, 2.05) is 5.32 Å². The summed E-state index contributed by atoms with van der Waals surface area (Å²) in [6.45, 7) is -0.204. The Bertz CT molecular complexity index is 525. The molecular formula is C11H11F3N2O4. The Balaban J connectivity index is 2.51. The van der Waals surface area contributed by atoms with E-state index in [4.69, 9.17) is 10.2 Å². The number of amides is 2. The Morgan fingerprint density at radius 3 is 2.45 bits per heavy atom. The number of nitrogens with one attached hydrogen (secondary N) is 2. The predicted molar refractivity (Wildman–Crippen MR) is 61.6 cm³/mol. The van der Waals surface area contributed by atoms with E-state index in [0.717, 1.165) is 6.07 Å². The van der Waals surface area contributed by atoms with Gasteiger partial charge in [0, 0.05) is 13.0 Å². The molecule has 110 valence electrons. The van der Waals surface area contributed by atoms with Gasteiger partial charge in [-0.2, -0.15) is 0 Å². The van der Waals surface area contributed by atoms with E-state index in [1.165, 1.54) is 0 Å². The van der Waals surface area contributed by atoms with Crippen molar-refractivity contribution >= 4 is 17.7 Å². The van der Waals surface area contributed by atoms with Gasteiger partial charge in [0.25, 0.3) is 0 Å². The molecule has 0 bridgehead atoms. The highest BCUT2D eigenvalue weighted by Crippen LogP contribution is 2.19. The van der Waals surface area contributed by atoms with E-state index in [1.54, 1.807) is 0 Å². The van der Waals surface area contributed by atoms with Gasteiger partial charge >= 0.3 is 12.0 Å². The minimum absolute atomic E-state index is 0.204. The average molecular weight is 292 g/mol. The molecule has 0 saturated heterocycles. The van der Waals surface area contributed by atoms with Crippen LogP contribution in [0.5, 0.6) is 0 Å². The van der Waals surface area contributed by atoms with Gasteiger partial charge in [0.1, 0.15) is 0 Å². The Morgan fingerprint density at radius 2 is 1.85 bits per heavy atom. The maximum Gasteiger partial charge on any atom is 0.332 e. The van der Waals surface area contributed by atoms with Gasteiger partial charge in [0.2, 0.25) is 0 Å². The normalized spacial score (nSPS) is 11.8. The summed E-state index contributed by atoms with van der Waals surface area (Å²) in [6, 6.07) is 0.522. The molecule has 1 aromatic carbocycles. The summed E-state index contributed by atoms with van der Waals surface area (Å²) in [5.74, 6) is -6.10. The van der Waals surface area contributed by atoms with Crippen LogP contribution < -0.4 is 10.6 Å². The number of aliphatic carboxylic acids is 1. The first-order chi connectivity index (χ1) is 9.32. The first-order valence-electron chi connectivity index (χ1n) is 5.42. The largest absolute Gasteiger partial charge is 0.479 e. The molecule has 0 saturated carbocycles. The van der Waals surface area contributed by atoms with Crippen molar-refractivity contribution in [3.8, 4) is 0 Å². The van der Waals surface area contributed by atoms with Crippen molar-refractivity contribution in [2.75, 3.05) is 11.9 Å². The van der Waals surface area contributed by atoms with Crippen LogP contribution >= 0.6 is 0 Å². The Morgan fingerprint density at radius 1 is 1.20 bits per heavy atom. The molecule has 1 atom stereocenters. The third-order valence-corrected chi connectivity index (χ3v) is 2.27.